The van der Waals surface area contributed by atoms with Crippen LogP contribution in [0.4, 0.5) is 10.5 Å². The molecule has 0 radical (unpaired) electrons. The maximum Gasteiger partial charge on any atom is 0.414 e. The van der Waals surface area contributed by atoms with Gasteiger partial charge in [0.25, 0.3) is 5.91 Å². The van der Waals surface area contributed by atoms with Gasteiger partial charge in [0, 0.05) is 5.69 Å². The van der Waals surface area contributed by atoms with Gasteiger partial charge in [-0.05, 0) is 42.9 Å². The molecule has 1 aromatic rings. The Bertz CT molecular complexity index is 685. The molecule has 2 unspecified atom stereocenters. The second kappa shape index (κ2) is 8.65. The lowest BCUT2D eigenvalue weighted by atomic mass is 9.81. The summed E-state index contributed by atoms with van der Waals surface area (Å²) in [6, 6.07) is 7.53. The van der Waals surface area contributed by atoms with E-state index in [2.05, 4.69) is 5.32 Å². The zero-order valence-electron chi connectivity index (χ0n) is 14.6. The summed E-state index contributed by atoms with van der Waals surface area (Å²) in [7, 11) is 0. The third-order valence-corrected chi connectivity index (χ3v) is 5.43. The summed E-state index contributed by atoms with van der Waals surface area (Å²) in [5.74, 6) is -0.345. The van der Waals surface area contributed by atoms with Crippen molar-refractivity contribution in [1.82, 2.24) is 5.32 Å². The van der Waals surface area contributed by atoms with E-state index in [1.54, 1.807) is 0 Å². The molecule has 7 nitrogen and oxygen atoms in total. The van der Waals surface area contributed by atoms with Crippen LogP contribution in [0.2, 0.25) is 0 Å². The molecule has 0 aromatic heterocycles. The summed E-state index contributed by atoms with van der Waals surface area (Å²) in [4.78, 5) is 23.8. The van der Waals surface area contributed by atoms with E-state index in [4.69, 9.17) is 27.9 Å². The van der Waals surface area contributed by atoms with Crippen LogP contribution < -0.4 is 10.2 Å². The molecule has 1 aliphatic heterocycles. The quantitative estimate of drug-likeness (QED) is 0.636. The van der Waals surface area contributed by atoms with Crippen LogP contribution in [-0.4, -0.2) is 58.5 Å². The number of aliphatic hydroxyl groups is 2. The number of cyclic esters (lactones) is 1. The normalized spacial score (nSPS) is 28.3. The third-order valence-electron chi connectivity index (χ3n) is 5.03. The molecule has 1 saturated carbocycles. The number of nitrogens with zero attached hydrogens (tertiary/aromatic N) is 1. The minimum absolute atomic E-state index is 0.136. The Hall–Kier alpha value is -1.54. The molecule has 4 atom stereocenters. The molecular weight excluding hydrogens is 395 g/mol. The first-order valence-electron chi connectivity index (χ1n) is 8.85. The fourth-order valence-electron chi connectivity index (χ4n) is 3.49. The van der Waals surface area contributed by atoms with Crippen LogP contribution in [-0.2, 0) is 9.53 Å². The van der Waals surface area contributed by atoms with Gasteiger partial charge in [-0.3, -0.25) is 9.69 Å². The highest BCUT2D eigenvalue weighted by Crippen LogP contribution is 2.34. The van der Waals surface area contributed by atoms with E-state index < -0.39 is 35.1 Å². The number of alkyl halides is 2. The molecule has 2 amide bonds. The predicted octanol–water partition coefficient (Wildman–Crippen LogP) is 1.92. The second-order valence-electron chi connectivity index (χ2n) is 6.90. The van der Waals surface area contributed by atoms with Gasteiger partial charge in [-0.1, -0.05) is 35.3 Å². The summed E-state index contributed by atoms with van der Waals surface area (Å²) in [5, 5.41) is 22.0. The van der Waals surface area contributed by atoms with Gasteiger partial charge in [-0.15, -0.1) is 0 Å². The standard InChI is InChI=1S/C18H22Cl2N2O5/c19-16(20)17(25)21-8-13-9-22(18(26)27-13)12-4-1-10(2-5-12)11-3-6-14(23)15(24)7-11/h1-2,4-5,11,13-16,23-24H,3,6-9H2,(H,21,25)/t11?,13-,14?,15-/m0/s1. The lowest BCUT2D eigenvalue weighted by Crippen LogP contribution is -2.37. The molecule has 148 valence electrons. The molecule has 1 aromatic carbocycles. The molecule has 3 rings (SSSR count). The summed E-state index contributed by atoms with van der Waals surface area (Å²) in [6.07, 6.45) is -0.401. The average molecular weight is 417 g/mol. The minimum Gasteiger partial charge on any atom is -0.442 e. The maximum atomic E-state index is 12.1. The number of amides is 2. The molecular formula is C18H22Cl2N2O5. The zero-order valence-corrected chi connectivity index (χ0v) is 16.1. The topological polar surface area (TPSA) is 99.1 Å². The first kappa shape index (κ1) is 20.2. The number of benzene rings is 1. The number of halogens is 2. The number of carbonyl (C=O) groups is 2. The van der Waals surface area contributed by atoms with Crippen molar-refractivity contribution in [2.24, 2.45) is 0 Å². The SMILES string of the molecule is O=C(NC[C@H]1CN(c2ccc(C3CCC(O)[C@@H](O)C3)cc2)C(=O)O1)C(Cl)Cl. The second-order valence-corrected chi connectivity index (χ2v) is 7.99. The van der Waals surface area contributed by atoms with Crippen molar-refractivity contribution in [3.8, 4) is 0 Å². The summed E-state index contributed by atoms with van der Waals surface area (Å²) in [6.45, 7) is 0.444. The molecule has 27 heavy (non-hydrogen) atoms. The third kappa shape index (κ3) is 4.85. The number of hydrogen-bond acceptors (Lipinski definition) is 5. The first-order valence-corrected chi connectivity index (χ1v) is 9.72. The van der Waals surface area contributed by atoms with Gasteiger partial charge in [0.05, 0.1) is 25.3 Å². The number of carbonyl (C=O) groups excluding carboxylic acids is 2. The van der Waals surface area contributed by atoms with Crippen molar-refractivity contribution in [3.05, 3.63) is 29.8 Å². The highest BCUT2D eigenvalue weighted by Gasteiger charge is 2.33. The van der Waals surface area contributed by atoms with E-state index in [1.165, 1.54) is 4.90 Å². The van der Waals surface area contributed by atoms with Gasteiger partial charge in [0.1, 0.15) is 6.10 Å². The van der Waals surface area contributed by atoms with Gasteiger partial charge in [-0.2, -0.15) is 0 Å². The number of hydrogen-bond donors (Lipinski definition) is 3. The summed E-state index contributed by atoms with van der Waals surface area (Å²) in [5.41, 5.74) is 1.76. The zero-order chi connectivity index (χ0) is 19.6. The van der Waals surface area contributed by atoms with Crippen LogP contribution in [0.5, 0.6) is 0 Å². The number of rotatable bonds is 5. The van der Waals surface area contributed by atoms with Crippen LogP contribution in [0.3, 0.4) is 0 Å². The molecule has 1 aliphatic carbocycles. The van der Waals surface area contributed by atoms with E-state index in [9.17, 15) is 19.8 Å². The summed E-state index contributed by atoms with van der Waals surface area (Å²) < 4.78 is 5.26. The first-order chi connectivity index (χ1) is 12.8. The Balaban J connectivity index is 1.58. The van der Waals surface area contributed by atoms with Crippen LogP contribution in [0.15, 0.2) is 24.3 Å². The maximum absolute atomic E-state index is 12.1. The van der Waals surface area contributed by atoms with Crippen LogP contribution in [0, 0.1) is 0 Å². The van der Waals surface area contributed by atoms with Gasteiger partial charge in [0.2, 0.25) is 0 Å². The van der Waals surface area contributed by atoms with Crippen LogP contribution >= 0.6 is 23.2 Å². The van der Waals surface area contributed by atoms with Crippen molar-refractivity contribution in [2.45, 2.75) is 48.3 Å². The van der Waals surface area contributed by atoms with Gasteiger partial charge in [0.15, 0.2) is 4.84 Å². The Morgan fingerprint density at radius 2 is 1.93 bits per heavy atom. The van der Waals surface area contributed by atoms with Gasteiger partial charge >= 0.3 is 6.09 Å². The van der Waals surface area contributed by atoms with Crippen molar-refractivity contribution in [1.29, 1.82) is 0 Å². The fraction of sp³-hybridized carbons (Fsp3) is 0.556. The Morgan fingerprint density at radius 3 is 2.56 bits per heavy atom. The van der Waals surface area contributed by atoms with E-state index in [0.717, 1.165) is 12.0 Å². The van der Waals surface area contributed by atoms with Crippen molar-refractivity contribution in [2.75, 3.05) is 18.0 Å². The van der Waals surface area contributed by atoms with Gasteiger partial charge < -0.3 is 20.3 Å². The van der Waals surface area contributed by atoms with E-state index in [1.807, 2.05) is 24.3 Å². The van der Waals surface area contributed by atoms with Crippen molar-refractivity contribution >= 4 is 40.9 Å². The molecule has 0 bridgehead atoms. The molecule has 3 N–H and O–H groups in total. The smallest absolute Gasteiger partial charge is 0.414 e. The van der Waals surface area contributed by atoms with Crippen molar-refractivity contribution < 1.29 is 24.5 Å². The largest absolute Gasteiger partial charge is 0.442 e. The molecule has 9 heteroatoms. The lowest BCUT2D eigenvalue weighted by molar-refractivity contribution is -0.119. The monoisotopic (exact) mass is 416 g/mol. The van der Waals surface area contributed by atoms with Crippen molar-refractivity contribution in [3.63, 3.8) is 0 Å². The number of nitrogens with one attached hydrogen (secondary N) is 1. The number of ether oxygens (including phenoxy) is 1. The number of aliphatic hydroxyl groups excluding tert-OH is 2. The molecule has 2 fully saturated rings. The lowest BCUT2D eigenvalue weighted by Gasteiger charge is -2.30. The molecule has 1 heterocycles. The van der Waals surface area contributed by atoms with Gasteiger partial charge in [-0.25, -0.2) is 4.79 Å². The Labute approximate surface area is 167 Å². The number of anilines is 1. The Kier molecular flexibility index (Phi) is 6.47. The fourth-order valence-corrected chi connectivity index (χ4v) is 3.64. The predicted molar refractivity (Wildman–Crippen MR) is 101 cm³/mol. The highest BCUT2D eigenvalue weighted by molar-refractivity contribution is 6.53. The summed E-state index contributed by atoms with van der Waals surface area (Å²) >= 11 is 10.9. The average Bonchev–Trinajstić information content (AvgIpc) is 3.02. The highest BCUT2D eigenvalue weighted by atomic mass is 35.5. The molecule has 2 aliphatic rings. The van der Waals surface area contributed by atoms with Crippen LogP contribution in [0.1, 0.15) is 30.7 Å². The minimum atomic E-state index is -1.16. The van der Waals surface area contributed by atoms with E-state index in [0.29, 0.717) is 25.1 Å². The van der Waals surface area contributed by atoms with E-state index in [-0.39, 0.29) is 12.5 Å². The Morgan fingerprint density at radius 1 is 1.22 bits per heavy atom. The van der Waals surface area contributed by atoms with Crippen LogP contribution in [0.25, 0.3) is 0 Å². The van der Waals surface area contributed by atoms with E-state index >= 15 is 0 Å². The molecule has 0 spiro atoms. The molecule has 1 saturated heterocycles.